The highest BCUT2D eigenvalue weighted by atomic mass is 32.1. The van der Waals surface area contributed by atoms with Gasteiger partial charge in [-0.1, -0.05) is 17.4 Å². The molecule has 3 aromatic heterocycles. The summed E-state index contributed by atoms with van der Waals surface area (Å²) in [5.41, 5.74) is 8.38. The predicted octanol–water partition coefficient (Wildman–Crippen LogP) is 2.18. The van der Waals surface area contributed by atoms with E-state index >= 15 is 0 Å². The number of aromatic amines is 1. The minimum absolute atomic E-state index is 0.529. The molecule has 0 aromatic carbocycles. The smallest absolute Gasteiger partial charge is 0.181 e. The largest absolute Gasteiger partial charge is 0.375 e. The van der Waals surface area contributed by atoms with Gasteiger partial charge >= 0.3 is 0 Å². The number of nitrogens with zero attached hydrogens (tertiary/aromatic N) is 3. The molecule has 3 rings (SSSR count). The Kier molecular flexibility index (Phi) is 2.34. The second kappa shape index (κ2) is 3.99. The fourth-order valence-corrected chi connectivity index (χ4v) is 2.41. The molecule has 0 aliphatic rings. The Morgan fingerprint density at radius 3 is 2.94 bits per heavy atom. The SMILES string of the molecule is Nc1nc(-c2cn[nH]c2)c(-c2ccccn2)s1. The number of anilines is 1. The summed E-state index contributed by atoms with van der Waals surface area (Å²) in [6.07, 6.45) is 5.27. The molecule has 0 saturated carbocycles. The van der Waals surface area contributed by atoms with E-state index in [0.717, 1.165) is 21.8 Å². The molecule has 0 bridgehead atoms. The van der Waals surface area contributed by atoms with Crippen molar-refractivity contribution in [2.24, 2.45) is 0 Å². The van der Waals surface area contributed by atoms with Crippen LogP contribution in [-0.2, 0) is 0 Å². The number of thiazole rings is 1. The third kappa shape index (κ3) is 1.78. The maximum absolute atomic E-state index is 5.77. The highest BCUT2D eigenvalue weighted by molar-refractivity contribution is 7.19. The first-order chi connectivity index (χ1) is 8.34. The molecule has 0 spiro atoms. The lowest BCUT2D eigenvalue weighted by Gasteiger charge is -1.98. The molecule has 0 saturated heterocycles. The average molecular weight is 243 g/mol. The van der Waals surface area contributed by atoms with Crippen molar-refractivity contribution < 1.29 is 0 Å². The van der Waals surface area contributed by atoms with Crippen LogP contribution >= 0.6 is 11.3 Å². The first kappa shape index (κ1) is 9.98. The van der Waals surface area contributed by atoms with Gasteiger partial charge in [-0.3, -0.25) is 10.1 Å². The third-order valence-electron chi connectivity index (χ3n) is 2.31. The summed E-state index contributed by atoms with van der Waals surface area (Å²) in [6, 6.07) is 5.76. The minimum Gasteiger partial charge on any atom is -0.375 e. The van der Waals surface area contributed by atoms with Crippen molar-refractivity contribution in [3.63, 3.8) is 0 Å². The molecule has 17 heavy (non-hydrogen) atoms. The van der Waals surface area contributed by atoms with Gasteiger partial charge in [0, 0.05) is 18.0 Å². The Hall–Kier alpha value is -2.21. The molecule has 3 aromatic rings. The molecule has 0 radical (unpaired) electrons. The van der Waals surface area contributed by atoms with Crippen LogP contribution in [0.2, 0.25) is 0 Å². The number of aromatic nitrogens is 4. The first-order valence-corrected chi connectivity index (χ1v) is 5.83. The van der Waals surface area contributed by atoms with Crippen LogP contribution in [0.4, 0.5) is 5.13 Å². The molecule has 0 atom stereocenters. The molecule has 84 valence electrons. The van der Waals surface area contributed by atoms with E-state index in [0.29, 0.717) is 5.13 Å². The van der Waals surface area contributed by atoms with Gasteiger partial charge in [-0.25, -0.2) is 4.98 Å². The van der Waals surface area contributed by atoms with Crippen molar-refractivity contribution in [1.29, 1.82) is 0 Å². The number of hydrogen-bond acceptors (Lipinski definition) is 5. The Morgan fingerprint density at radius 1 is 1.29 bits per heavy atom. The van der Waals surface area contributed by atoms with Gasteiger partial charge < -0.3 is 5.73 Å². The van der Waals surface area contributed by atoms with E-state index in [2.05, 4.69) is 20.2 Å². The van der Waals surface area contributed by atoms with Crippen molar-refractivity contribution in [3.05, 3.63) is 36.8 Å². The van der Waals surface area contributed by atoms with Crippen LogP contribution in [0.3, 0.4) is 0 Å². The molecule has 6 heteroatoms. The monoisotopic (exact) mass is 243 g/mol. The number of hydrogen-bond donors (Lipinski definition) is 2. The van der Waals surface area contributed by atoms with E-state index in [1.54, 1.807) is 18.6 Å². The zero-order valence-corrected chi connectivity index (χ0v) is 9.61. The predicted molar refractivity (Wildman–Crippen MR) is 67.3 cm³/mol. The van der Waals surface area contributed by atoms with Gasteiger partial charge in [-0.15, -0.1) is 0 Å². The van der Waals surface area contributed by atoms with Crippen LogP contribution in [0, 0.1) is 0 Å². The van der Waals surface area contributed by atoms with Gasteiger partial charge in [0.15, 0.2) is 5.13 Å². The molecular formula is C11H9N5S. The van der Waals surface area contributed by atoms with Crippen LogP contribution in [0.25, 0.3) is 21.8 Å². The van der Waals surface area contributed by atoms with Gasteiger partial charge in [0.1, 0.15) is 0 Å². The first-order valence-electron chi connectivity index (χ1n) is 5.01. The van der Waals surface area contributed by atoms with Gasteiger partial charge in [0.2, 0.25) is 0 Å². The fraction of sp³-hybridized carbons (Fsp3) is 0. The fourth-order valence-electron chi connectivity index (χ4n) is 1.58. The molecule has 5 nitrogen and oxygen atoms in total. The number of pyridine rings is 1. The topological polar surface area (TPSA) is 80.5 Å². The Bertz CT molecular complexity index is 615. The Morgan fingerprint density at radius 2 is 2.24 bits per heavy atom. The van der Waals surface area contributed by atoms with Crippen molar-refractivity contribution in [3.8, 4) is 21.8 Å². The molecule has 3 N–H and O–H groups in total. The van der Waals surface area contributed by atoms with E-state index in [1.165, 1.54) is 11.3 Å². The zero-order valence-electron chi connectivity index (χ0n) is 8.79. The molecule has 3 heterocycles. The Labute approximate surface area is 101 Å². The maximum atomic E-state index is 5.77. The number of nitrogens with two attached hydrogens (primary N) is 1. The standard InChI is InChI=1S/C11H9N5S/c12-11-16-9(7-5-14-15-6-7)10(17-11)8-3-1-2-4-13-8/h1-6H,(H2,12,16)(H,14,15). The van der Waals surface area contributed by atoms with Gasteiger partial charge in [0.05, 0.1) is 22.5 Å². The normalized spacial score (nSPS) is 10.6. The lowest BCUT2D eigenvalue weighted by Crippen LogP contribution is -1.83. The Balaban J connectivity index is 2.18. The van der Waals surface area contributed by atoms with E-state index in [1.807, 2.05) is 18.2 Å². The van der Waals surface area contributed by atoms with Crippen molar-refractivity contribution in [2.75, 3.05) is 5.73 Å². The summed E-state index contributed by atoms with van der Waals surface area (Å²) < 4.78 is 0. The van der Waals surface area contributed by atoms with E-state index in [-0.39, 0.29) is 0 Å². The lowest BCUT2D eigenvalue weighted by molar-refractivity contribution is 1.09. The second-order valence-corrected chi connectivity index (χ2v) is 4.46. The van der Waals surface area contributed by atoms with Gasteiger partial charge in [-0.2, -0.15) is 5.10 Å². The summed E-state index contributed by atoms with van der Waals surface area (Å²) in [7, 11) is 0. The molecule has 0 unspecified atom stereocenters. The molecule has 0 fully saturated rings. The van der Waals surface area contributed by atoms with Crippen LogP contribution in [0.5, 0.6) is 0 Å². The quantitative estimate of drug-likeness (QED) is 0.722. The van der Waals surface area contributed by atoms with Gasteiger partial charge in [-0.05, 0) is 12.1 Å². The van der Waals surface area contributed by atoms with E-state index in [4.69, 9.17) is 5.73 Å². The summed E-state index contributed by atoms with van der Waals surface area (Å²) >= 11 is 1.43. The average Bonchev–Trinajstić information content (AvgIpc) is 2.98. The van der Waals surface area contributed by atoms with Crippen LogP contribution in [-0.4, -0.2) is 20.2 Å². The molecule has 0 amide bonds. The minimum atomic E-state index is 0.529. The lowest BCUT2D eigenvalue weighted by atomic mass is 10.2. The third-order valence-corrected chi connectivity index (χ3v) is 3.22. The van der Waals surface area contributed by atoms with Gasteiger partial charge in [0.25, 0.3) is 0 Å². The molecule has 0 aliphatic carbocycles. The summed E-state index contributed by atoms with van der Waals surface area (Å²) in [6.45, 7) is 0. The van der Waals surface area contributed by atoms with Crippen LogP contribution in [0.15, 0.2) is 36.8 Å². The van der Waals surface area contributed by atoms with Crippen molar-refractivity contribution in [2.45, 2.75) is 0 Å². The number of rotatable bonds is 2. The molecular weight excluding hydrogens is 234 g/mol. The van der Waals surface area contributed by atoms with Crippen LogP contribution in [0.1, 0.15) is 0 Å². The summed E-state index contributed by atoms with van der Waals surface area (Å²) in [4.78, 5) is 9.61. The highest BCUT2D eigenvalue weighted by Gasteiger charge is 2.14. The second-order valence-electron chi connectivity index (χ2n) is 3.43. The van der Waals surface area contributed by atoms with Crippen molar-refractivity contribution in [1.82, 2.24) is 20.2 Å². The highest BCUT2D eigenvalue weighted by Crippen LogP contribution is 2.36. The maximum Gasteiger partial charge on any atom is 0.181 e. The number of nitrogen functional groups attached to an aromatic ring is 1. The van der Waals surface area contributed by atoms with Crippen molar-refractivity contribution >= 4 is 16.5 Å². The summed E-state index contributed by atoms with van der Waals surface area (Å²) in [5.74, 6) is 0. The van der Waals surface area contributed by atoms with E-state index in [9.17, 15) is 0 Å². The number of H-pyrrole nitrogens is 1. The number of nitrogens with one attached hydrogen (secondary N) is 1. The van der Waals surface area contributed by atoms with Crippen LogP contribution < -0.4 is 5.73 Å². The summed E-state index contributed by atoms with van der Waals surface area (Å²) in [5, 5.41) is 7.22. The van der Waals surface area contributed by atoms with E-state index < -0.39 is 0 Å². The zero-order chi connectivity index (χ0) is 11.7. The molecule has 0 aliphatic heterocycles.